The fourth-order valence-electron chi connectivity index (χ4n) is 2.06. The normalized spacial score (nSPS) is 12.9. The molecule has 1 unspecified atom stereocenters. The van der Waals surface area contributed by atoms with Crippen molar-refractivity contribution in [2.24, 2.45) is 5.73 Å². The van der Waals surface area contributed by atoms with Crippen LogP contribution in [0.1, 0.15) is 6.92 Å². The van der Waals surface area contributed by atoms with Crippen molar-refractivity contribution < 1.29 is 9.21 Å². The van der Waals surface area contributed by atoms with Crippen LogP contribution in [0.2, 0.25) is 0 Å². The molecular weight excluding hydrogens is 258 g/mol. The Morgan fingerprint density at radius 2 is 1.89 bits per heavy atom. The lowest BCUT2D eigenvalue weighted by atomic mass is 10.1. The van der Waals surface area contributed by atoms with Crippen LogP contribution < -0.4 is 5.73 Å². The van der Waals surface area contributed by atoms with Gasteiger partial charge in [0, 0.05) is 10.8 Å². The van der Waals surface area contributed by atoms with Crippen molar-refractivity contribution in [2.75, 3.05) is 0 Å². The van der Waals surface area contributed by atoms with Gasteiger partial charge in [-0.3, -0.25) is 4.79 Å². The van der Waals surface area contributed by atoms with E-state index in [0.29, 0.717) is 0 Å². The van der Waals surface area contributed by atoms with Crippen LogP contribution in [0, 0.1) is 0 Å². The van der Waals surface area contributed by atoms with Crippen molar-refractivity contribution in [3.05, 3.63) is 42.5 Å². The number of benzene rings is 2. The molecule has 2 N–H and O–H groups in total. The Labute approximate surface area is 114 Å². The second kappa shape index (κ2) is 4.63. The highest BCUT2D eigenvalue weighted by Gasteiger charge is 2.15. The van der Waals surface area contributed by atoms with Crippen molar-refractivity contribution in [3.63, 3.8) is 0 Å². The first-order chi connectivity index (χ1) is 9.16. The van der Waals surface area contributed by atoms with Crippen LogP contribution in [0.3, 0.4) is 0 Å². The number of fused-ring (bicyclic) bond motifs is 3. The molecule has 0 spiro atoms. The zero-order valence-corrected chi connectivity index (χ0v) is 11.2. The number of primary amides is 1. The largest absolute Gasteiger partial charge is 0.455 e. The molecule has 19 heavy (non-hydrogen) atoms. The summed E-state index contributed by atoms with van der Waals surface area (Å²) in [4.78, 5) is 12.1. The molecule has 0 radical (unpaired) electrons. The summed E-state index contributed by atoms with van der Waals surface area (Å²) in [6.45, 7) is 1.80. The zero-order valence-electron chi connectivity index (χ0n) is 10.4. The number of amides is 1. The Balaban J connectivity index is 2.18. The molecule has 3 nitrogen and oxygen atoms in total. The minimum Gasteiger partial charge on any atom is -0.455 e. The van der Waals surface area contributed by atoms with Gasteiger partial charge in [0.2, 0.25) is 5.91 Å². The minimum absolute atomic E-state index is 0.279. The predicted octanol–water partition coefficient (Wildman–Crippen LogP) is 3.55. The first-order valence-electron chi connectivity index (χ1n) is 6.03. The maximum Gasteiger partial charge on any atom is 0.230 e. The summed E-state index contributed by atoms with van der Waals surface area (Å²) in [5.74, 6) is -0.321. The molecule has 4 heteroatoms. The van der Waals surface area contributed by atoms with Gasteiger partial charge in [-0.05, 0) is 19.1 Å². The van der Waals surface area contributed by atoms with Crippen molar-refractivity contribution in [2.45, 2.75) is 17.1 Å². The van der Waals surface area contributed by atoms with E-state index in [4.69, 9.17) is 10.2 Å². The van der Waals surface area contributed by atoms with E-state index in [1.807, 2.05) is 42.5 Å². The first-order valence-corrected chi connectivity index (χ1v) is 6.91. The SMILES string of the molecule is CC(Sc1cccc2c1oc1ccccc12)C(N)=O. The van der Waals surface area contributed by atoms with Crippen LogP contribution in [-0.2, 0) is 4.79 Å². The molecule has 1 atom stereocenters. The molecule has 3 aromatic rings. The van der Waals surface area contributed by atoms with Crippen LogP contribution in [0.5, 0.6) is 0 Å². The van der Waals surface area contributed by atoms with Gasteiger partial charge in [-0.2, -0.15) is 0 Å². The van der Waals surface area contributed by atoms with Crippen molar-refractivity contribution in [1.29, 1.82) is 0 Å². The zero-order chi connectivity index (χ0) is 13.4. The van der Waals surface area contributed by atoms with E-state index in [2.05, 4.69) is 0 Å². The smallest absolute Gasteiger partial charge is 0.230 e. The highest BCUT2D eigenvalue weighted by atomic mass is 32.2. The summed E-state index contributed by atoms with van der Waals surface area (Å²) in [6.07, 6.45) is 0. The summed E-state index contributed by atoms with van der Waals surface area (Å²) < 4.78 is 5.89. The third-order valence-electron chi connectivity index (χ3n) is 3.07. The topological polar surface area (TPSA) is 56.2 Å². The highest BCUT2D eigenvalue weighted by molar-refractivity contribution is 8.00. The van der Waals surface area contributed by atoms with Gasteiger partial charge in [-0.25, -0.2) is 0 Å². The maximum atomic E-state index is 11.2. The number of thioether (sulfide) groups is 1. The number of hydrogen-bond acceptors (Lipinski definition) is 3. The third kappa shape index (κ3) is 2.08. The molecule has 0 aliphatic carbocycles. The number of carbonyl (C=O) groups is 1. The van der Waals surface area contributed by atoms with Crippen molar-refractivity contribution in [3.8, 4) is 0 Å². The Morgan fingerprint density at radius 3 is 2.68 bits per heavy atom. The molecule has 1 amide bonds. The molecule has 0 fully saturated rings. The lowest BCUT2D eigenvalue weighted by Crippen LogP contribution is -2.22. The van der Waals surface area contributed by atoms with Gasteiger partial charge in [-0.1, -0.05) is 30.3 Å². The number of rotatable bonds is 3. The first kappa shape index (κ1) is 12.1. The molecule has 96 valence electrons. The van der Waals surface area contributed by atoms with Crippen LogP contribution in [0.25, 0.3) is 21.9 Å². The van der Waals surface area contributed by atoms with Gasteiger partial charge in [-0.15, -0.1) is 11.8 Å². The highest BCUT2D eigenvalue weighted by Crippen LogP contribution is 2.36. The molecule has 1 aromatic heterocycles. The standard InChI is InChI=1S/C15H13NO2S/c1-9(15(16)17)19-13-8-4-6-11-10-5-2-3-7-12(10)18-14(11)13/h2-9H,1H3,(H2,16,17). The maximum absolute atomic E-state index is 11.2. The Kier molecular flexibility index (Phi) is 2.95. The number of nitrogens with two attached hydrogens (primary N) is 1. The molecule has 2 aromatic carbocycles. The number of furan rings is 1. The second-order valence-corrected chi connectivity index (χ2v) is 5.78. The van der Waals surface area contributed by atoms with Gasteiger partial charge < -0.3 is 10.2 Å². The van der Waals surface area contributed by atoms with E-state index < -0.39 is 0 Å². The molecular formula is C15H13NO2S. The number of hydrogen-bond donors (Lipinski definition) is 1. The number of carbonyl (C=O) groups excluding carboxylic acids is 1. The van der Waals surface area contributed by atoms with E-state index in [0.717, 1.165) is 26.8 Å². The average Bonchev–Trinajstić information content (AvgIpc) is 2.78. The molecule has 0 bridgehead atoms. The van der Waals surface area contributed by atoms with Gasteiger partial charge in [0.25, 0.3) is 0 Å². The number of para-hydroxylation sites is 2. The van der Waals surface area contributed by atoms with Crippen LogP contribution in [0.15, 0.2) is 51.8 Å². The molecule has 0 aliphatic heterocycles. The van der Waals surface area contributed by atoms with E-state index in [9.17, 15) is 4.79 Å². The lowest BCUT2D eigenvalue weighted by molar-refractivity contribution is -0.117. The summed E-state index contributed by atoms with van der Waals surface area (Å²) in [7, 11) is 0. The summed E-state index contributed by atoms with van der Waals surface area (Å²) in [6, 6.07) is 13.9. The monoisotopic (exact) mass is 271 g/mol. The van der Waals surface area contributed by atoms with Crippen LogP contribution in [0.4, 0.5) is 0 Å². The Morgan fingerprint density at radius 1 is 1.16 bits per heavy atom. The molecule has 1 heterocycles. The summed E-state index contributed by atoms with van der Waals surface area (Å²) in [5, 5.41) is 1.88. The second-order valence-electron chi connectivity index (χ2n) is 4.39. The van der Waals surface area contributed by atoms with Gasteiger partial charge in [0.15, 0.2) is 0 Å². The van der Waals surface area contributed by atoms with E-state index in [1.54, 1.807) is 6.92 Å². The van der Waals surface area contributed by atoms with Gasteiger partial charge in [0.05, 0.1) is 10.1 Å². The fraction of sp³-hybridized carbons (Fsp3) is 0.133. The molecule has 0 aliphatic rings. The molecule has 0 saturated heterocycles. The van der Waals surface area contributed by atoms with Crippen LogP contribution >= 0.6 is 11.8 Å². The van der Waals surface area contributed by atoms with E-state index >= 15 is 0 Å². The fourth-order valence-corrected chi connectivity index (χ4v) is 2.98. The minimum atomic E-state index is -0.321. The van der Waals surface area contributed by atoms with E-state index in [1.165, 1.54) is 11.8 Å². The van der Waals surface area contributed by atoms with Gasteiger partial charge >= 0.3 is 0 Å². The molecule has 0 saturated carbocycles. The lowest BCUT2D eigenvalue weighted by Gasteiger charge is -2.06. The molecule has 3 rings (SSSR count). The van der Waals surface area contributed by atoms with Crippen LogP contribution in [-0.4, -0.2) is 11.2 Å². The quantitative estimate of drug-likeness (QED) is 0.741. The van der Waals surface area contributed by atoms with Crippen molar-refractivity contribution >= 4 is 39.6 Å². The van der Waals surface area contributed by atoms with Gasteiger partial charge in [0.1, 0.15) is 11.2 Å². The average molecular weight is 271 g/mol. The summed E-state index contributed by atoms with van der Waals surface area (Å²) >= 11 is 1.43. The Hall–Kier alpha value is -1.94. The van der Waals surface area contributed by atoms with E-state index in [-0.39, 0.29) is 11.2 Å². The third-order valence-corrected chi connectivity index (χ3v) is 4.23. The summed E-state index contributed by atoms with van der Waals surface area (Å²) in [5.41, 5.74) is 6.99. The van der Waals surface area contributed by atoms with Crippen molar-refractivity contribution in [1.82, 2.24) is 0 Å². The Bertz CT molecular complexity index is 763. The predicted molar refractivity (Wildman–Crippen MR) is 78.2 cm³/mol.